The second-order valence-corrected chi connectivity index (χ2v) is 4.29. The largest absolute Gasteiger partial charge is 0.382 e. The second-order valence-electron chi connectivity index (χ2n) is 4.29. The van der Waals surface area contributed by atoms with Crippen molar-refractivity contribution in [2.45, 2.75) is 20.0 Å². The fourth-order valence-corrected chi connectivity index (χ4v) is 1.85. The highest BCUT2D eigenvalue weighted by atomic mass is 19.2. The first-order valence-corrected chi connectivity index (χ1v) is 5.55. The van der Waals surface area contributed by atoms with Crippen molar-refractivity contribution in [1.29, 1.82) is 0 Å². The molecule has 0 radical (unpaired) electrons. The average molecular weight is 249 g/mol. The quantitative estimate of drug-likeness (QED) is 0.887. The smallest absolute Gasteiger partial charge is 0.159 e. The van der Waals surface area contributed by atoms with Crippen LogP contribution in [0.4, 0.5) is 8.78 Å². The third-order valence-corrected chi connectivity index (χ3v) is 2.77. The Balaban J connectivity index is 2.41. The van der Waals surface area contributed by atoms with Crippen molar-refractivity contribution in [3.8, 4) is 0 Å². The summed E-state index contributed by atoms with van der Waals surface area (Å²) >= 11 is 0. The van der Waals surface area contributed by atoms with E-state index < -0.39 is 17.7 Å². The van der Waals surface area contributed by atoms with Crippen LogP contribution in [0.1, 0.15) is 28.5 Å². The lowest BCUT2D eigenvalue weighted by molar-refractivity contribution is 0.213. The lowest BCUT2D eigenvalue weighted by atomic mass is 10.0. The molecule has 0 amide bonds. The number of hydrogen-bond donors (Lipinski definition) is 1. The van der Waals surface area contributed by atoms with Gasteiger partial charge in [-0.05, 0) is 42.7 Å². The van der Waals surface area contributed by atoms with Crippen LogP contribution in [0.15, 0.2) is 30.5 Å². The van der Waals surface area contributed by atoms with Gasteiger partial charge in [0.05, 0.1) is 5.69 Å². The third-order valence-electron chi connectivity index (χ3n) is 2.77. The van der Waals surface area contributed by atoms with Gasteiger partial charge in [-0.25, -0.2) is 8.78 Å². The Kier molecular flexibility index (Phi) is 3.39. The van der Waals surface area contributed by atoms with Gasteiger partial charge in [0.1, 0.15) is 6.10 Å². The number of rotatable bonds is 2. The Morgan fingerprint density at radius 1 is 1.11 bits per heavy atom. The average Bonchev–Trinajstić information content (AvgIpc) is 2.32. The van der Waals surface area contributed by atoms with Crippen LogP contribution < -0.4 is 0 Å². The highest BCUT2D eigenvalue weighted by Crippen LogP contribution is 2.24. The van der Waals surface area contributed by atoms with Crippen LogP contribution in [-0.2, 0) is 0 Å². The number of nitrogens with zero attached hydrogens (tertiary/aromatic N) is 1. The zero-order valence-electron chi connectivity index (χ0n) is 10.1. The summed E-state index contributed by atoms with van der Waals surface area (Å²) in [5.41, 5.74) is 2.53. The first-order valence-electron chi connectivity index (χ1n) is 5.55. The maximum absolute atomic E-state index is 13.1. The molecule has 1 unspecified atom stereocenters. The van der Waals surface area contributed by atoms with Crippen molar-refractivity contribution in [2.24, 2.45) is 0 Å². The van der Waals surface area contributed by atoms with E-state index in [9.17, 15) is 13.9 Å². The van der Waals surface area contributed by atoms with Crippen LogP contribution >= 0.6 is 0 Å². The van der Waals surface area contributed by atoms with E-state index >= 15 is 0 Å². The standard InChI is InChI=1S/C14H13F2NO/c1-8-5-9(2)13(17-7-8)14(18)10-3-4-11(15)12(16)6-10/h3-7,14,18H,1-2H3. The van der Waals surface area contributed by atoms with Crippen molar-refractivity contribution >= 4 is 0 Å². The molecule has 1 atom stereocenters. The first kappa shape index (κ1) is 12.6. The minimum absolute atomic E-state index is 0.286. The number of aliphatic hydroxyl groups excluding tert-OH is 1. The molecule has 0 aliphatic carbocycles. The van der Waals surface area contributed by atoms with E-state index in [0.717, 1.165) is 23.3 Å². The SMILES string of the molecule is Cc1cnc(C(O)c2ccc(F)c(F)c2)c(C)c1. The molecule has 2 aromatic rings. The van der Waals surface area contributed by atoms with Crippen LogP contribution in [0.5, 0.6) is 0 Å². The number of aliphatic hydroxyl groups is 1. The van der Waals surface area contributed by atoms with E-state index in [1.165, 1.54) is 6.07 Å². The maximum atomic E-state index is 13.1. The molecule has 0 aliphatic heterocycles. The Morgan fingerprint density at radius 2 is 1.83 bits per heavy atom. The van der Waals surface area contributed by atoms with Crippen LogP contribution in [-0.4, -0.2) is 10.1 Å². The van der Waals surface area contributed by atoms with Crippen molar-refractivity contribution in [3.63, 3.8) is 0 Å². The Bertz CT molecular complexity index is 584. The third kappa shape index (κ3) is 2.38. The number of halogens is 2. The van der Waals surface area contributed by atoms with Gasteiger partial charge < -0.3 is 5.11 Å². The van der Waals surface area contributed by atoms with Gasteiger partial charge in [0.2, 0.25) is 0 Å². The van der Waals surface area contributed by atoms with Gasteiger partial charge in [-0.1, -0.05) is 12.1 Å². The minimum atomic E-state index is -1.05. The molecule has 0 aliphatic rings. The molecule has 1 N–H and O–H groups in total. The van der Waals surface area contributed by atoms with Gasteiger partial charge in [0, 0.05) is 6.20 Å². The zero-order valence-corrected chi connectivity index (χ0v) is 10.1. The summed E-state index contributed by atoms with van der Waals surface area (Å²) < 4.78 is 25.9. The minimum Gasteiger partial charge on any atom is -0.382 e. The highest BCUT2D eigenvalue weighted by molar-refractivity contribution is 5.32. The monoisotopic (exact) mass is 249 g/mol. The molecule has 0 spiro atoms. The highest BCUT2D eigenvalue weighted by Gasteiger charge is 2.16. The Morgan fingerprint density at radius 3 is 2.44 bits per heavy atom. The molecule has 0 saturated heterocycles. The van der Waals surface area contributed by atoms with Crippen LogP contribution in [0.25, 0.3) is 0 Å². The lowest BCUT2D eigenvalue weighted by Gasteiger charge is -2.13. The Hall–Kier alpha value is -1.81. The topological polar surface area (TPSA) is 33.1 Å². The van der Waals surface area contributed by atoms with E-state index in [2.05, 4.69) is 4.98 Å². The Labute approximate surface area is 104 Å². The molecule has 1 aromatic carbocycles. The maximum Gasteiger partial charge on any atom is 0.159 e. The van der Waals surface area contributed by atoms with Crippen molar-refractivity contribution in [3.05, 3.63) is 64.5 Å². The lowest BCUT2D eigenvalue weighted by Crippen LogP contribution is -2.06. The summed E-state index contributed by atoms with van der Waals surface area (Å²) in [4.78, 5) is 4.14. The van der Waals surface area contributed by atoms with E-state index in [0.29, 0.717) is 5.69 Å². The van der Waals surface area contributed by atoms with E-state index in [-0.39, 0.29) is 5.56 Å². The summed E-state index contributed by atoms with van der Waals surface area (Å²) in [6.07, 6.45) is 0.575. The molecule has 1 aromatic heterocycles. The number of pyridine rings is 1. The summed E-state index contributed by atoms with van der Waals surface area (Å²) in [5, 5.41) is 10.1. The van der Waals surface area contributed by atoms with E-state index in [1.54, 1.807) is 6.20 Å². The fourth-order valence-electron chi connectivity index (χ4n) is 1.85. The fraction of sp³-hybridized carbons (Fsp3) is 0.214. The number of benzene rings is 1. The zero-order chi connectivity index (χ0) is 13.3. The molecule has 2 rings (SSSR count). The number of hydrogen-bond acceptors (Lipinski definition) is 2. The molecule has 0 fully saturated rings. The van der Waals surface area contributed by atoms with Gasteiger partial charge in [0.25, 0.3) is 0 Å². The van der Waals surface area contributed by atoms with Gasteiger partial charge in [-0.2, -0.15) is 0 Å². The van der Waals surface area contributed by atoms with Crippen molar-refractivity contribution < 1.29 is 13.9 Å². The van der Waals surface area contributed by atoms with Gasteiger partial charge >= 0.3 is 0 Å². The van der Waals surface area contributed by atoms with E-state index in [1.807, 2.05) is 19.9 Å². The van der Waals surface area contributed by atoms with E-state index in [4.69, 9.17) is 0 Å². The molecule has 18 heavy (non-hydrogen) atoms. The second kappa shape index (κ2) is 4.82. The summed E-state index contributed by atoms with van der Waals surface area (Å²) in [6.45, 7) is 3.71. The number of aromatic nitrogens is 1. The molecule has 0 saturated carbocycles. The molecule has 4 heteroatoms. The summed E-state index contributed by atoms with van der Waals surface area (Å²) in [6, 6.07) is 5.22. The predicted molar refractivity (Wildman–Crippen MR) is 64.1 cm³/mol. The van der Waals surface area contributed by atoms with Gasteiger partial charge in [-0.3, -0.25) is 4.98 Å². The molecule has 2 nitrogen and oxygen atoms in total. The molecule has 94 valence electrons. The van der Waals surface area contributed by atoms with Crippen LogP contribution in [0.2, 0.25) is 0 Å². The first-order chi connectivity index (χ1) is 8.49. The number of aryl methyl sites for hydroxylation is 2. The van der Waals surface area contributed by atoms with Crippen molar-refractivity contribution in [1.82, 2.24) is 4.98 Å². The van der Waals surface area contributed by atoms with Crippen molar-refractivity contribution in [2.75, 3.05) is 0 Å². The normalized spacial score (nSPS) is 12.5. The van der Waals surface area contributed by atoms with Gasteiger partial charge in [0.15, 0.2) is 11.6 Å². The van der Waals surface area contributed by atoms with Gasteiger partial charge in [-0.15, -0.1) is 0 Å². The predicted octanol–water partition coefficient (Wildman–Crippen LogP) is 3.06. The molecule has 1 heterocycles. The molecule has 0 bridgehead atoms. The summed E-state index contributed by atoms with van der Waals surface area (Å²) in [7, 11) is 0. The van der Waals surface area contributed by atoms with Crippen LogP contribution in [0.3, 0.4) is 0 Å². The molecular formula is C14H13F2NO. The summed E-state index contributed by atoms with van der Waals surface area (Å²) in [5.74, 6) is -1.91. The van der Waals surface area contributed by atoms with Crippen LogP contribution in [0, 0.1) is 25.5 Å². The molecular weight excluding hydrogens is 236 g/mol.